The van der Waals surface area contributed by atoms with Crippen LogP contribution in [0.1, 0.15) is 59.4 Å². The highest BCUT2D eigenvalue weighted by atomic mass is 19.4. The minimum Gasteiger partial charge on any atom is -0.347 e. The van der Waals surface area contributed by atoms with E-state index in [-0.39, 0.29) is 30.9 Å². The van der Waals surface area contributed by atoms with Crippen molar-refractivity contribution in [3.8, 4) is 0 Å². The van der Waals surface area contributed by atoms with Crippen LogP contribution in [0.3, 0.4) is 0 Å². The van der Waals surface area contributed by atoms with Crippen LogP contribution < -0.4 is 5.32 Å². The van der Waals surface area contributed by atoms with Crippen molar-refractivity contribution in [2.45, 2.75) is 50.6 Å². The molecule has 2 amide bonds. The molecule has 1 saturated heterocycles. The van der Waals surface area contributed by atoms with Gasteiger partial charge in [0.05, 0.1) is 17.2 Å². The van der Waals surface area contributed by atoms with E-state index in [2.05, 4.69) is 10.3 Å². The predicted molar refractivity (Wildman–Crippen MR) is 113 cm³/mol. The lowest BCUT2D eigenvalue weighted by atomic mass is 9.98. The van der Waals surface area contributed by atoms with E-state index in [0.29, 0.717) is 31.0 Å². The molecule has 1 aliphatic carbocycles. The Balaban J connectivity index is 1.58. The number of carbonyl (C=O) groups excluding carboxylic acids is 2. The van der Waals surface area contributed by atoms with E-state index >= 15 is 0 Å². The van der Waals surface area contributed by atoms with Gasteiger partial charge in [0.1, 0.15) is 23.4 Å². The number of likely N-dealkylation sites (tertiary alicyclic amines) is 1. The number of alkyl halides is 6. The molecule has 2 aliphatic rings. The van der Waals surface area contributed by atoms with Gasteiger partial charge in [-0.15, -0.1) is 0 Å². The highest BCUT2D eigenvalue weighted by Crippen LogP contribution is 2.43. The Kier molecular flexibility index (Phi) is 6.93. The largest absolute Gasteiger partial charge is 0.419 e. The molecule has 0 radical (unpaired) electrons. The number of rotatable bonds is 5. The molecular weight excluding hydrogens is 514 g/mol. The molecule has 3 atom stereocenters. The summed E-state index contributed by atoms with van der Waals surface area (Å²) in [5.41, 5.74) is -3.83. The average Bonchev–Trinajstić information content (AvgIpc) is 3.57. The van der Waals surface area contributed by atoms with Gasteiger partial charge in [0, 0.05) is 18.3 Å². The second kappa shape index (κ2) is 9.56. The molecule has 1 aromatic heterocycles. The third-order valence-corrected chi connectivity index (χ3v) is 6.50. The van der Waals surface area contributed by atoms with Gasteiger partial charge in [-0.25, -0.2) is 8.78 Å². The van der Waals surface area contributed by atoms with Crippen LogP contribution >= 0.6 is 0 Å². The van der Waals surface area contributed by atoms with E-state index in [1.54, 1.807) is 6.92 Å². The number of amides is 2. The molecule has 37 heavy (non-hydrogen) atoms. The van der Waals surface area contributed by atoms with Crippen LogP contribution in [0.2, 0.25) is 0 Å². The maximum Gasteiger partial charge on any atom is 0.419 e. The van der Waals surface area contributed by atoms with E-state index in [1.807, 2.05) is 0 Å². The molecule has 0 unspecified atom stereocenters. The van der Waals surface area contributed by atoms with E-state index < -0.39 is 70.3 Å². The molecule has 0 bridgehead atoms. The first kappa shape index (κ1) is 26.8. The van der Waals surface area contributed by atoms with Crippen LogP contribution in [0.5, 0.6) is 0 Å². The molecule has 2 heterocycles. The predicted octanol–water partition coefficient (Wildman–Crippen LogP) is 5.52. The summed E-state index contributed by atoms with van der Waals surface area (Å²) in [5.74, 6) is -5.29. The third kappa shape index (κ3) is 5.69. The van der Waals surface area contributed by atoms with Gasteiger partial charge in [-0.05, 0) is 55.4 Å². The van der Waals surface area contributed by atoms with Crippen molar-refractivity contribution in [2.24, 2.45) is 11.8 Å². The van der Waals surface area contributed by atoms with E-state index in [4.69, 9.17) is 0 Å². The molecule has 200 valence electrons. The van der Waals surface area contributed by atoms with Crippen LogP contribution in [-0.4, -0.2) is 34.3 Å². The van der Waals surface area contributed by atoms with Crippen LogP contribution in [0.15, 0.2) is 30.5 Å². The zero-order valence-electron chi connectivity index (χ0n) is 19.3. The van der Waals surface area contributed by atoms with Gasteiger partial charge in [-0.2, -0.15) is 26.3 Å². The third-order valence-electron chi connectivity index (χ3n) is 6.50. The van der Waals surface area contributed by atoms with E-state index in [0.717, 1.165) is 11.1 Å². The number of hydrogen-bond acceptors (Lipinski definition) is 3. The standard InChI is InChI=1S/C24H21F8N3O2/c1-11-6-19(35(10-11)22(37)18-7-13(4-5-33-18)23(27,28)29)21(36)34-20(12-2-3-12)14-8-17(26)15(9-16(14)25)24(30,31)32/h4-5,7-9,11-12,19-20H,2-3,6,10H2,1H3,(H,34,36)/t11-,19-,20-/m1/s1. The molecule has 13 heteroatoms. The topological polar surface area (TPSA) is 62.3 Å². The molecule has 1 aliphatic heterocycles. The molecule has 5 nitrogen and oxygen atoms in total. The van der Waals surface area contributed by atoms with Gasteiger partial charge in [0.25, 0.3) is 5.91 Å². The smallest absolute Gasteiger partial charge is 0.347 e. The first-order valence-electron chi connectivity index (χ1n) is 11.4. The fourth-order valence-electron chi connectivity index (χ4n) is 4.54. The molecular formula is C24H21F8N3O2. The van der Waals surface area contributed by atoms with Crippen LogP contribution in [0, 0.1) is 23.5 Å². The maximum absolute atomic E-state index is 14.7. The molecule has 1 N–H and O–H groups in total. The van der Waals surface area contributed by atoms with Gasteiger partial charge in [0.15, 0.2) is 0 Å². The number of nitrogens with one attached hydrogen (secondary N) is 1. The zero-order chi connectivity index (χ0) is 27.3. The number of nitrogens with zero attached hydrogens (tertiary/aromatic N) is 2. The van der Waals surface area contributed by atoms with Gasteiger partial charge in [-0.3, -0.25) is 14.6 Å². The van der Waals surface area contributed by atoms with Crippen molar-refractivity contribution in [3.63, 3.8) is 0 Å². The number of carbonyl (C=O) groups is 2. The normalized spacial score (nSPS) is 21.2. The number of hydrogen-bond donors (Lipinski definition) is 1. The molecule has 1 aromatic carbocycles. The van der Waals surface area contributed by atoms with Crippen LogP contribution in [0.4, 0.5) is 35.1 Å². The summed E-state index contributed by atoms with van der Waals surface area (Å²) in [5, 5.41) is 2.53. The first-order chi connectivity index (χ1) is 17.2. The fourth-order valence-corrected chi connectivity index (χ4v) is 4.54. The van der Waals surface area contributed by atoms with Crippen molar-refractivity contribution in [2.75, 3.05) is 6.54 Å². The average molecular weight is 535 g/mol. The van der Waals surface area contributed by atoms with Crippen molar-refractivity contribution in [1.29, 1.82) is 0 Å². The Bertz CT molecular complexity index is 1210. The lowest BCUT2D eigenvalue weighted by Crippen LogP contribution is -2.47. The van der Waals surface area contributed by atoms with Gasteiger partial charge < -0.3 is 10.2 Å². The van der Waals surface area contributed by atoms with Crippen molar-refractivity contribution >= 4 is 11.8 Å². The second-order valence-electron chi connectivity index (χ2n) is 9.42. The highest BCUT2D eigenvalue weighted by Gasteiger charge is 2.43. The monoisotopic (exact) mass is 535 g/mol. The van der Waals surface area contributed by atoms with Crippen LogP contribution in [-0.2, 0) is 17.1 Å². The van der Waals surface area contributed by atoms with Gasteiger partial charge in [0.2, 0.25) is 5.91 Å². The molecule has 0 spiro atoms. The molecule has 2 aromatic rings. The van der Waals surface area contributed by atoms with Crippen molar-refractivity contribution in [3.05, 3.63) is 64.5 Å². The second-order valence-corrected chi connectivity index (χ2v) is 9.42. The molecule has 1 saturated carbocycles. The quantitative estimate of drug-likeness (QED) is 0.514. The summed E-state index contributed by atoms with van der Waals surface area (Å²) in [6.45, 7) is 1.75. The van der Waals surface area contributed by atoms with Crippen molar-refractivity contribution in [1.82, 2.24) is 15.2 Å². The summed E-state index contributed by atoms with van der Waals surface area (Å²) in [6.07, 6.45) is -7.85. The highest BCUT2D eigenvalue weighted by molar-refractivity contribution is 5.96. The Morgan fingerprint density at radius 1 is 1.03 bits per heavy atom. The summed E-state index contributed by atoms with van der Waals surface area (Å²) in [7, 11) is 0. The first-order valence-corrected chi connectivity index (χ1v) is 11.4. The maximum atomic E-state index is 14.7. The number of pyridine rings is 1. The van der Waals surface area contributed by atoms with Gasteiger partial charge >= 0.3 is 12.4 Å². The Labute approximate surface area is 205 Å². The Morgan fingerprint density at radius 2 is 1.70 bits per heavy atom. The van der Waals surface area contributed by atoms with Crippen LogP contribution in [0.25, 0.3) is 0 Å². The summed E-state index contributed by atoms with van der Waals surface area (Å²) >= 11 is 0. The summed E-state index contributed by atoms with van der Waals surface area (Å²) in [6, 6.07) is -0.571. The molecule has 2 fully saturated rings. The fraction of sp³-hybridized carbons (Fsp3) is 0.458. The minimum absolute atomic E-state index is 0.0339. The number of halogens is 8. The number of benzene rings is 1. The number of aromatic nitrogens is 1. The SMILES string of the molecule is C[C@@H]1C[C@H](C(=O)N[C@@H](c2cc(F)c(C(F)(F)F)cc2F)C2CC2)N(C(=O)c2cc(C(F)(F)F)ccn2)C1. The van der Waals surface area contributed by atoms with Crippen molar-refractivity contribution < 1.29 is 44.7 Å². The van der Waals surface area contributed by atoms with E-state index in [9.17, 15) is 44.7 Å². The minimum atomic E-state index is -5.11. The summed E-state index contributed by atoms with van der Waals surface area (Å²) in [4.78, 5) is 31.0. The summed E-state index contributed by atoms with van der Waals surface area (Å²) < 4.78 is 107. The lowest BCUT2D eigenvalue weighted by molar-refractivity contribution is -0.140. The van der Waals surface area contributed by atoms with E-state index in [1.165, 1.54) is 0 Å². The van der Waals surface area contributed by atoms with Gasteiger partial charge in [-0.1, -0.05) is 6.92 Å². The Morgan fingerprint density at radius 3 is 2.30 bits per heavy atom. The molecule has 4 rings (SSSR count). The lowest BCUT2D eigenvalue weighted by Gasteiger charge is -2.27. The zero-order valence-corrected chi connectivity index (χ0v) is 19.3. The Hall–Kier alpha value is -3.25.